The topological polar surface area (TPSA) is 80.4 Å². The van der Waals surface area contributed by atoms with Gasteiger partial charge in [0.1, 0.15) is 5.69 Å². The molecule has 0 aliphatic carbocycles. The molecule has 1 saturated heterocycles. The van der Waals surface area contributed by atoms with E-state index >= 15 is 0 Å². The van der Waals surface area contributed by atoms with Gasteiger partial charge >= 0.3 is 0 Å². The largest absolute Gasteiger partial charge is 0.340 e. The van der Waals surface area contributed by atoms with E-state index < -0.39 is 4.92 Å². The Morgan fingerprint density at radius 1 is 1.53 bits per heavy atom. The van der Waals surface area contributed by atoms with E-state index in [1.807, 2.05) is 0 Å². The Morgan fingerprint density at radius 2 is 2.16 bits per heavy atom. The summed E-state index contributed by atoms with van der Waals surface area (Å²) in [5.41, 5.74) is 0.303. The van der Waals surface area contributed by atoms with Gasteiger partial charge in [0.2, 0.25) is 0 Å². The highest BCUT2D eigenvalue weighted by Gasteiger charge is 2.26. The Kier molecular flexibility index (Phi) is 3.84. The number of hydrogen-bond acceptors (Lipinski definition) is 4. The summed E-state index contributed by atoms with van der Waals surface area (Å²) in [4.78, 5) is 24.3. The summed E-state index contributed by atoms with van der Waals surface area (Å²) in [7, 11) is 3.41. The van der Waals surface area contributed by atoms with Crippen molar-refractivity contribution in [2.45, 2.75) is 18.9 Å². The summed E-state index contributed by atoms with van der Waals surface area (Å²) in [6, 6.07) is 1.53. The number of nitrogens with one attached hydrogen (secondary N) is 1. The Labute approximate surface area is 111 Å². The van der Waals surface area contributed by atoms with Crippen molar-refractivity contribution in [1.82, 2.24) is 14.8 Å². The third kappa shape index (κ3) is 2.76. The highest BCUT2D eigenvalue weighted by Crippen LogP contribution is 2.19. The van der Waals surface area contributed by atoms with Crippen LogP contribution in [0.15, 0.2) is 12.3 Å². The predicted molar refractivity (Wildman–Crippen MR) is 70.1 cm³/mol. The lowest BCUT2D eigenvalue weighted by Crippen LogP contribution is -2.44. The Bertz CT molecular complexity index is 491. The molecular formula is C12H18N4O3. The van der Waals surface area contributed by atoms with E-state index in [1.165, 1.54) is 16.8 Å². The maximum absolute atomic E-state index is 12.4. The summed E-state index contributed by atoms with van der Waals surface area (Å²) in [5.74, 6) is -0.164. The minimum absolute atomic E-state index is 0.0513. The zero-order valence-electron chi connectivity index (χ0n) is 11.1. The minimum Gasteiger partial charge on any atom is -0.340 e. The molecule has 104 valence electrons. The standard InChI is InChI=1S/C12H18N4O3/c1-14-8-10(16(18)19)7-11(14)12(17)15(2)9-3-5-13-6-4-9/h7-9,13H,3-6H2,1-2H3. The molecule has 2 rings (SSSR count). The van der Waals surface area contributed by atoms with Gasteiger partial charge in [-0.1, -0.05) is 0 Å². The number of hydrogen-bond donors (Lipinski definition) is 1. The number of carbonyl (C=O) groups excluding carboxylic acids is 1. The number of amides is 1. The molecule has 2 heterocycles. The molecule has 0 unspecified atom stereocenters. The van der Waals surface area contributed by atoms with Gasteiger partial charge < -0.3 is 14.8 Å². The molecule has 19 heavy (non-hydrogen) atoms. The molecule has 0 spiro atoms. The van der Waals surface area contributed by atoms with E-state index in [-0.39, 0.29) is 17.6 Å². The summed E-state index contributed by atoms with van der Waals surface area (Å²) in [6.45, 7) is 1.80. The summed E-state index contributed by atoms with van der Waals surface area (Å²) in [5, 5.41) is 14.0. The molecule has 0 radical (unpaired) electrons. The van der Waals surface area contributed by atoms with Crippen LogP contribution in [0.4, 0.5) is 5.69 Å². The Morgan fingerprint density at radius 3 is 2.68 bits per heavy atom. The maximum atomic E-state index is 12.4. The van der Waals surface area contributed by atoms with Crippen molar-refractivity contribution in [2.24, 2.45) is 7.05 Å². The van der Waals surface area contributed by atoms with Gasteiger partial charge in [-0.2, -0.15) is 0 Å². The van der Waals surface area contributed by atoms with Crippen LogP contribution in [-0.2, 0) is 7.05 Å². The van der Waals surface area contributed by atoms with Gasteiger partial charge in [-0.3, -0.25) is 14.9 Å². The van der Waals surface area contributed by atoms with Crippen LogP contribution < -0.4 is 5.32 Å². The van der Waals surface area contributed by atoms with Gasteiger partial charge in [0.25, 0.3) is 11.6 Å². The average molecular weight is 266 g/mol. The second-order valence-corrected chi connectivity index (χ2v) is 4.85. The third-order valence-corrected chi connectivity index (χ3v) is 3.60. The van der Waals surface area contributed by atoms with Crippen LogP contribution in [0.5, 0.6) is 0 Å². The van der Waals surface area contributed by atoms with Gasteiger partial charge in [0.05, 0.1) is 11.1 Å². The van der Waals surface area contributed by atoms with Crippen molar-refractivity contribution in [1.29, 1.82) is 0 Å². The highest BCUT2D eigenvalue weighted by molar-refractivity contribution is 5.93. The van der Waals surface area contributed by atoms with Crippen LogP contribution in [-0.4, -0.2) is 46.5 Å². The number of carbonyl (C=O) groups is 1. The molecule has 7 heteroatoms. The second kappa shape index (κ2) is 5.40. The molecule has 1 aromatic rings. The molecule has 1 aromatic heterocycles. The number of rotatable bonds is 3. The summed E-state index contributed by atoms with van der Waals surface area (Å²) < 4.78 is 1.51. The smallest absolute Gasteiger partial charge is 0.287 e. The molecule has 0 atom stereocenters. The lowest BCUT2D eigenvalue weighted by molar-refractivity contribution is -0.384. The molecule has 1 fully saturated rings. The lowest BCUT2D eigenvalue weighted by Gasteiger charge is -2.31. The molecule has 0 bridgehead atoms. The van der Waals surface area contributed by atoms with E-state index in [2.05, 4.69) is 5.32 Å². The van der Waals surface area contributed by atoms with Crippen LogP contribution in [0.25, 0.3) is 0 Å². The first-order chi connectivity index (χ1) is 9.00. The Balaban J connectivity index is 2.16. The first-order valence-electron chi connectivity index (χ1n) is 6.29. The maximum Gasteiger partial charge on any atom is 0.287 e. The van der Waals surface area contributed by atoms with Gasteiger partial charge in [-0.25, -0.2) is 0 Å². The molecule has 1 amide bonds. The van der Waals surface area contributed by atoms with E-state index in [0.29, 0.717) is 5.69 Å². The zero-order chi connectivity index (χ0) is 14.0. The van der Waals surface area contributed by atoms with E-state index in [9.17, 15) is 14.9 Å². The fraction of sp³-hybridized carbons (Fsp3) is 0.583. The van der Waals surface area contributed by atoms with Crippen molar-refractivity contribution < 1.29 is 9.72 Å². The lowest BCUT2D eigenvalue weighted by atomic mass is 10.1. The van der Waals surface area contributed by atoms with Gasteiger partial charge in [0.15, 0.2) is 0 Å². The van der Waals surface area contributed by atoms with Crippen molar-refractivity contribution >= 4 is 11.6 Å². The average Bonchev–Trinajstić information content (AvgIpc) is 2.80. The zero-order valence-corrected chi connectivity index (χ0v) is 11.1. The van der Waals surface area contributed by atoms with Crippen LogP contribution >= 0.6 is 0 Å². The van der Waals surface area contributed by atoms with E-state index in [1.54, 1.807) is 19.0 Å². The SMILES string of the molecule is CN(C(=O)c1cc([N+](=O)[O-])cn1C)C1CCNCC1. The van der Waals surface area contributed by atoms with Crippen LogP contribution in [0.1, 0.15) is 23.3 Å². The van der Waals surface area contributed by atoms with Crippen molar-refractivity contribution in [3.05, 3.63) is 28.1 Å². The summed E-state index contributed by atoms with van der Waals surface area (Å²) in [6.07, 6.45) is 3.19. The first-order valence-corrected chi connectivity index (χ1v) is 6.29. The van der Waals surface area contributed by atoms with Crippen LogP contribution in [0.3, 0.4) is 0 Å². The quantitative estimate of drug-likeness (QED) is 0.647. The van der Waals surface area contributed by atoms with E-state index in [0.717, 1.165) is 25.9 Å². The Hall–Kier alpha value is -1.89. The predicted octanol–water partition coefficient (Wildman–Crippen LogP) is 0.757. The van der Waals surface area contributed by atoms with Gasteiger partial charge in [-0.05, 0) is 25.9 Å². The molecular weight excluding hydrogens is 248 g/mol. The van der Waals surface area contributed by atoms with Crippen molar-refractivity contribution in [3.63, 3.8) is 0 Å². The number of aromatic nitrogens is 1. The number of aryl methyl sites for hydroxylation is 1. The second-order valence-electron chi connectivity index (χ2n) is 4.85. The monoisotopic (exact) mass is 266 g/mol. The summed E-state index contributed by atoms with van der Waals surface area (Å²) >= 11 is 0. The molecule has 1 N–H and O–H groups in total. The number of piperidine rings is 1. The minimum atomic E-state index is -0.485. The number of nitrogens with zero attached hydrogens (tertiary/aromatic N) is 3. The normalized spacial score (nSPS) is 16.3. The highest BCUT2D eigenvalue weighted by atomic mass is 16.6. The van der Waals surface area contributed by atoms with E-state index in [4.69, 9.17) is 0 Å². The molecule has 0 saturated carbocycles. The van der Waals surface area contributed by atoms with Crippen molar-refractivity contribution in [3.8, 4) is 0 Å². The molecule has 0 aromatic carbocycles. The fourth-order valence-corrected chi connectivity index (χ4v) is 2.40. The van der Waals surface area contributed by atoms with Gasteiger partial charge in [0, 0.05) is 26.2 Å². The van der Waals surface area contributed by atoms with Gasteiger partial charge in [-0.15, -0.1) is 0 Å². The molecule has 1 aliphatic rings. The van der Waals surface area contributed by atoms with Crippen LogP contribution in [0.2, 0.25) is 0 Å². The number of nitro groups is 1. The molecule has 1 aliphatic heterocycles. The first kappa shape index (κ1) is 13.5. The molecule has 7 nitrogen and oxygen atoms in total. The fourth-order valence-electron chi connectivity index (χ4n) is 2.40. The van der Waals surface area contributed by atoms with Crippen molar-refractivity contribution in [2.75, 3.05) is 20.1 Å². The van der Waals surface area contributed by atoms with Crippen LogP contribution in [0, 0.1) is 10.1 Å². The third-order valence-electron chi connectivity index (χ3n) is 3.60.